The number of rotatable bonds is 5. The van der Waals surface area contributed by atoms with E-state index >= 15 is 0 Å². The first-order chi connectivity index (χ1) is 15.0. The Hall–Kier alpha value is -3.94. The fourth-order valence-electron chi connectivity index (χ4n) is 3.47. The van der Waals surface area contributed by atoms with Crippen molar-refractivity contribution in [3.63, 3.8) is 0 Å². The maximum atomic E-state index is 11.4. The average molecular weight is 421 g/mol. The van der Waals surface area contributed by atoms with E-state index in [1.807, 2.05) is 30.3 Å². The molecular formula is C23H23N3O5. The van der Waals surface area contributed by atoms with Gasteiger partial charge in [-0.05, 0) is 30.3 Å². The van der Waals surface area contributed by atoms with Crippen LogP contribution in [0.4, 0.5) is 5.82 Å². The molecule has 0 saturated heterocycles. The van der Waals surface area contributed by atoms with Crippen LogP contribution in [0.5, 0.6) is 28.7 Å². The highest BCUT2D eigenvalue weighted by molar-refractivity contribution is 5.92. The number of hydrogen-bond donors (Lipinski definition) is 1. The van der Waals surface area contributed by atoms with Crippen LogP contribution in [0.3, 0.4) is 0 Å². The largest absolute Gasteiger partial charge is 0.497 e. The van der Waals surface area contributed by atoms with Crippen LogP contribution in [-0.2, 0) is 13.1 Å². The van der Waals surface area contributed by atoms with Crippen molar-refractivity contribution in [3.8, 4) is 28.7 Å². The minimum atomic E-state index is -0.514. The Kier molecular flexibility index (Phi) is 5.53. The van der Waals surface area contributed by atoms with Crippen molar-refractivity contribution in [1.29, 1.82) is 0 Å². The first-order valence-electron chi connectivity index (χ1n) is 9.63. The van der Waals surface area contributed by atoms with E-state index in [0.717, 1.165) is 11.1 Å². The second-order valence-electron chi connectivity index (χ2n) is 7.02. The number of methoxy groups -OCH3 is 3. The molecule has 1 aromatic heterocycles. The van der Waals surface area contributed by atoms with Crippen LogP contribution >= 0.6 is 0 Å². The molecule has 1 aliphatic heterocycles. The lowest BCUT2D eigenvalue weighted by molar-refractivity contribution is 0.1000. The number of amides is 1. The summed E-state index contributed by atoms with van der Waals surface area (Å²) in [6.07, 6.45) is 1.48. The summed E-state index contributed by atoms with van der Waals surface area (Å²) in [6.45, 7) is 1.04. The van der Waals surface area contributed by atoms with Gasteiger partial charge >= 0.3 is 0 Å². The van der Waals surface area contributed by atoms with Crippen LogP contribution in [-0.4, -0.2) is 32.2 Å². The molecule has 1 aliphatic rings. The standard InChI is InChI=1S/C23H23N3O5/c1-28-17-6-4-15-12-26(22-7-5-14(11-25-22)23(24)27)13-16-8-20(29-2)21(30-3)10-19(16)31-18(15)9-17/h4-11H,12-13H2,1-3H3,(H2,24,27). The molecule has 160 valence electrons. The smallest absolute Gasteiger partial charge is 0.250 e. The van der Waals surface area contributed by atoms with Gasteiger partial charge in [0.15, 0.2) is 11.5 Å². The molecule has 0 atom stereocenters. The molecule has 0 saturated carbocycles. The number of hydrogen-bond acceptors (Lipinski definition) is 7. The minimum Gasteiger partial charge on any atom is -0.497 e. The molecule has 31 heavy (non-hydrogen) atoms. The number of anilines is 1. The molecule has 0 radical (unpaired) electrons. The maximum absolute atomic E-state index is 11.4. The summed E-state index contributed by atoms with van der Waals surface area (Å²) in [7, 11) is 4.79. The summed E-state index contributed by atoms with van der Waals surface area (Å²) < 4.78 is 22.6. The Labute approximate surface area is 180 Å². The number of benzene rings is 2. The van der Waals surface area contributed by atoms with Crippen LogP contribution < -0.4 is 29.6 Å². The number of fused-ring (bicyclic) bond motifs is 2. The van der Waals surface area contributed by atoms with Crippen LogP contribution in [0, 0.1) is 0 Å². The highest BCUT2D eigenvalue weighted by Gasteiger charge is 2.22. The summed E-state index contributed by atoms with van der Waals surface area (Å²) in [6, 6.07) is 12.9. The Balaban J connectivity index is 1.83. The van der Waals surface area contributed by atoms with Gasteiger partial charge in [-0.2, -0.15) is 0 Å². The second kappa shape index (κ2) is 8.43. The lowest BCUT2D eigenvalue weighted by Crippen LogP contribution is -2.25. The molecule has 0 unspecified atom stereocenters. The summed E-state index contributed by atoms with van der Waals surface area (Å²) in [5.74, 6) is 3.37. The van der Waals surface area contributed by atoms with Gasteiger partial charge in [0.25, 0.3) is 0 Å². The van der Waals surface area contributed by atoms with Crippen molar-refractivity contribution in [1.82, 2.24) is 4.98 Å². The molecular weight excluding hydrogens is 398 g/mol. The van der Waals surface area contributed by atoms with E-state index in [1.54, 1.807) is 33.5 Å². The van der Waals surface area contributed by atoms with Crippen molar-refractivity contribution >= 4 is 11.7 Å². The van der Waals surface area contributed by atoms with Gasteiger partial charge in [0.1, 0.15) is 23.1 Å². The zero-order chi connectivity index (χ0) is 22.0. The molecule has 2 heterocycles. The number of pyridine rings is 1. The lowest BCUT2D eigenvalue weighted by Gasteiger charge is -2.29. The molecule has 0 spiro atoms. The van der Waals surface area contributed by atoms with E-state index in [0.29, 0.717) is 53.2 Å². The van der Waals surface area contributed by atoms with E-state index in [2.05, 4.69) is 9.88 Å². The molecule has 8 heteroatoms. The van der Waals surface area contributed by atoms with Crippen LogP contribution in [0.25, 0.3) is 0 Å². The third kappa shape index (κ3) is 4.05. The highest BCUT2D eigenvalue weighted by Crippen LogP contribution is 2.41. The van der Waals surface area contributed by atoms with E-state index in [4.69, 9.17) is 24.7 Å². The normalized spacial score (nSPS) is 12.5. The SMILES string of the molecule is COc1ccc2c(c1)Oc1cc(OC)c(OC)cc1CN(c1ccc(C(N)=O)cn1)C2. The predicted octanol–water partition coefficient (Wildman–Crippen LogP) is 3.52. The Morgan fingerprint density at radius 2 is 1.65 bits per heavy atom. The van der Waals surface area contributed by atoms with Gasteiger partial charge in [0.2, 0.25) is 5.91 Å². The molecule has 3 aromatic rings. The summed E-state index contributed by atoms with van der Waals surface area (Å²) >= 11 is 0. The molecule has 0 bridgehead atoms. The van der Waals surface area contributed by atoms with Crippen LogP contribution in [0.15, 0.2) is 48.7 Å². The number of carbonyl (C=O) groups excluding carboxylic acids is 1. The Bertz CT molecular complexity index is 1110. The molecule has 8 nitrogen and oxygen atoms in total. The second-order valence-corrected chi connectivity index (χ2v) is 7.02. The zero-order valence-electron chi connectivity index (χ0n) is 17.5. The first-order valence-corrected chi connectivity index (χ1v) is 9.63. The number of nitrogens with zero attached hydrogens (tertiary/aromatic N) is 2. The molecule has 2 N–H and O–H groups in total. The van der Waals surface area contributed by atoms with Gasteiger partial charge in [0, 0.05) is 42.5 Å². The Morgan fingerprint density at radius 1 is 0.935 bits per heavy atom. The molecule has 0 aliphatic carbocycles. The molecule has 0 fully saturated rings. The third-order valence-electron chi connectivity index (χ3n) is 5.14. The van der Waals surface area contributed by atoms with Crippen molar-refractivity contribution in [2.45, 2.75) is 13.1 Å². The molecule has 2 aromatic carbocycles. The highest BCUT2D eigenvalue weighted by atomic mass is 16.5. The molecule has 1 amide bonds. The predicted molar refractivity (Wildman–Crippen MR) is 115 cm³/mol. The number of nitrogens with two attached hydrogens (primary N) is 1. The van der Waals surface area contributed by atoms with Gasteiger partial charge in [-0.1, -0.05) is 0 Å². The third-order valence-corrected chi connectivity index (χ3v) is 5.14. The fourth-order valence-corrected chi connectivity index (χ4v) is 3.47. The quantitative estimate of drug-likeness (QED) is 0.673. The zero-order valence-corrected chi connectivity index (χ0v) is 17.5. The number of primary amides is 1. The van der Waals surface area contributed by atoms with E-state index in [1.165, 1.54) is 6.20 Å². The monoisotopic (exact) mass is 421 g/mol. The summed E-state index contributed by atoms with van der Waals surface area (Å²) in [4.78, 5) is 18.0. The summed E-state index contributed by atoms with van der Waals surface area (Å²) in [5.41, 5.74) is 7.57. The van der Waals surface area contributed by atoms with Gasteiger partial charge in [-0.3, -0.25) is 4.79 Å². The van der Waals surface area contributed by atoms with Crippen molar-refractivity contribution in [2.24, 2.45) is 5.73 Å². The van der Waals surface area contributed by atoms with E-state index < -0.39 is 5.91 Å². The topological polar surface area (TPSA) is 96.1 Å². The summed E-state index contributed by atoms with van der Waals surface area (Å²) in [5, 5.41) is 0. The Morgan fingerprint density at radius 3 is 2.29 bits per heavy atom. The number of aromatic nitrogens is 1. The van der Waals surface area contributed by atoms with E-state index in [-0.39, 0.29) is 0 Å². The number of carbonyl (C=O) groups is 1. The van der Waals surface area contributed by atoms with E-state index in [9.17, 15) is 4.79 Å². The van der Waals surface area contributed by atoms with Crippen molar-refractivity contribution in [2.75, 3.05) is 26.2 Å². The molecule has 4 rings (SSSR count). The van der Waals surface area contributed by atoms with Crippen LogP contribution in [0.2, 0.25) is 0 Å². The first kappa shape index (κ1) is 20.3. The maximum Gasteiger partial charge on any atom is 0.250 e. The van der Waals surface area contributed by atoms with Crippen LogP contribution in [0.1, 0.15) is 21.5 Å². The average Bonchev–Trinajstić information content (AvgIpc) is 2.78. The van der Waals surface area contributed by atoms with Gasteiger partial charge < -0.3 is 29.6 Å². The van der Waals surface area contributed by atoms with Gasteiger partial charge in [-0.15, -0.1) is 0 Å². The van der Waals surface area contributed by atoms with Crippen molar-refractivity contribution in [3.05, 3.63) is 65.4 Å². The minimum absolute atomic E-state index is 0.357. The van der Waals surface area contributed by atoms with Crippen molar-refractivity contribution < 1.29 is 23.7 Å². The lowest BCUT2D eigenvalue weighted by atomic mass is 10.1. The fraction of sp³-hybridized carbons (Fsp3) is 0.217. The van der Waals surface area contributed by atoms with Gasteiger partial charge in [-0.25, -0.2) is 4.98 Å². The van der Waals surface area contributed by atoms with Gasteiger partial charge in [0.05, 0.1) is 26.9 Å². The number of ether oxygens (including phenoxy) is 4.